The molecule has 0 aliphatic rings. The Balaban J connectivity index is 2.52. The first kappa shape index (κ1) is 10.9. The number of aromatic nitrogens is 2. The molecule has 0 saturated heterocycles. The average Bonchev–Trinajstić information content (AvgIpc) is 2.18. The van der Waals surface area contributed by atoms with Crippen LogP contribution in [0.1, 0.15) is 26.2 Å². The van der Waals surface area contributed by atoms with Gasteiger partial charge in [-0.2, -0.15) is 0 Å². The van der Waals surface area contributed by atoms with Crippen LogP contribution in [0.15, 0.2) is 12.4 Å². The quantitative estimate of drug-likeness (QED) is 0.835. The van der Waals surface area contributed by atoms with Gasteiger partial charge in [0.05, 0.1) is 0 Å². The van der Waals surface area contributed by atoms with Crippen LogP contribution < -0.4 is 5.32 Å². The van der Waals surface area contributed by atoms with Crippen molar-refractivity contribution >= 4 is 23.3 Å². The van der Waals surface area contributed by atoms with Crippen LogP contribution in [0, 0.1) is 0 Å². The summed E-state index contributed by atoms with van der Waals surface area (Å²) in [5.74, 6) is 0.254. The van der Waals surface area contributed by atoms with Gasteiger partial charge in [0.2, 0.25) is 5.91 Å². The number of hydrogen-bond acceptors (Lipinski definition) is 3. The molecule has 0 fully saturated rings. The van der Waals surface area contributed by atoms with E-state index in [2.05, 4.69) is 15.3 Å². The lowest BCUT2D eigenvalue weighted by Gasteiger charge is -2.03. The second-order valence-corrected chi connectivity index (χ2v) is 3.21. The maximum atomic E-state index is 11.3. The number of carbonyl (C=O) groups excluding carboxylic acids is 1. The molecule has 1 rings (SSSR count). The van der Waals surface area contributed by atoms with Crippen LogP contribution in [0.4, 0.5) is 5.82 Å². The van der Waals surface area contributed by atoms with Crippen molar-refractivity contribution in [2.24, 2.45) is 0 Å². The molecule has 0 aliphatic carbocycles. The lowest BCUT2D eigenvalue weighted by Crippen LogP contribution is -2.12. The number of hydrogen-bond donors (Lipinski definition) is 1. The predicted molar refractivity (Wildman–Crippen MR) is 55.2 cm³/mol. The van der Waals surface area contributed by atoms with Crippen LogP contribution in [0.3, 0.4) is 0 Å². The van der Waals surface area contributed by atoms with Crippen LogP contribution >= 0.6 is 11.6 Å². The third-order valence-electron chi connectivity index (χ3n) is 1.67. The molecule has 1 N–H and O–H groups in total. The summed E-state index contributed by atoms with van der Waals surface area (Å²) in [6.07, 6.45) is 5.31. The van der Waals surface area contributed by atoms with Gasteiger partial charge in [0, 0.05) is 18.8 Å². The Morgan fingerprint density at radius 1 is 1.50 bits per heavy atom. The largest absolute Gasteiger partial charge is 0.308 e. The normalized spacial score (nSPS) is 9.86. The zero-order chi connectivity index (χ0) is 10.4. The van der Waals surface area contributed by atoms with Gasteiger partial charge >= 0.3 is 0 Å². The monoisotopic (exact) mass is 213 g/mol. The lowest BCUT2D eigenvalue weighted by atomic mass is 10.2. The maximum absolute atomic E-state index is 11.3. The highest BCUT2D eigenvalue weighted by Crippen LogP contribution is 2.14. The van der Waals surface area contributed by atoms with Gasteiger partial charge in [0.25, 0.3) is 0 Å². The fraction of sp³-hybridized carbons (Fsp3) is 0.444. The molecule has 0 aliphatic heterocycles. The molecule has 1 aromatic heterocycles. The Labute approximate surface area is 87.7 Å². The number of amides is 1. The van der Waals surface area contributed by atoms with E-state index in [0.717, 1.165) is 12.8 Å². The second kappa shape index (κ2) is 5.54. The van der Waals surface area contributed by atoms with E-state index in [0.29, 0.717) is 12.2 Å². The number of anilines is 1. The van der Waals surface area contributed by atoms with Gasteiger partial charge in [-0.1, -0.05) is 24.9 Å². The Bertz CT molecular complexity index is 317. The van der Waals surface area contributed by atoms with Crippen molar-refractivity contribution in [1.29, 1.82) is 0 Å². The highest BCUT2D eigenvalue weighted by atomic mass is 35.5. The van der Waals surface area contributed by atoms with Gasteiger partial charge in [-0.15, -0.1) is 0 Å². The molecule has 0 atom stereocenters. The zero-order valence-electron chi connectivity index (χ0n) is 7.96. The first-order chi connectivity index (χ1) is 6.74. The summed E-state index contributed by atoms with van der Waals surface area (Å²) in [6, 6.07) is 0. The Kier molecular flexibility index (Phi) is 4.32. The van der Waals surface area contributed by atoms with Crippen LogP contribution in [-0.2, 0) is 4.79 Å². The van der Waals surface area contributed by atoms with Gasteiger partial charge in [-0.25, -0.2) is 9.97 Å². The van der Waals surface area contributed by atoms with Gasteiger partial charge in [0.15, 0.2) is 11.0 Å². The number of halogens is 1. The molecule has 0 saturated carbocycles. The first-order valence-electron chi connectivity index (χ1n) is 4.50. The molecular weight excluding hydrogens is 202 g/mol. The van der Waals surface area contributed by atoms with Gasteiger partial charge in [-0.3, -0.25) is 4.79 Å². The summed E-state index contributed by atoms with van der Waals surface area (Å²) >= 11 is 5.71. The molecule has 0 radical (unpaired) electrons. The first-order valence-corrected chi connectivity index (χ1v) is 4.88. The Morgan fingerprint density at radius 3 is 2.86 bits per heavy atom. The maximum Gasteiger partial charge on any atom is 0.225 e. The molecule has 1 heterocycles. The minimum atomic E-state index is -0.0748. The van der Waals surface area contributed by atoms with Gasteiger partial charge < -0.3 is 5.32 Å². The van der Waals surface area contributed by atoms with Gasteiger partial charge in [-0.05, 0) is 6.42 Å². The van der Waals surface area contributed by atoms with E-state index in [1.165, 1.54) is 12.4 Å². The third kappa shape index (κ3) is 3.30. The molecule has 0 spiro atoms. The summed E-state index contributed by atoms with van der Waals surface area (Å²) in [5.41, 5.74) is 0. The van der Waals surface area contributed by atoms with Crippen LogP contribution in [0.25, 0.3) is 0 Å². The van der Waals surface area contributed by atoms with Crippen molar-refractivity contribution in [2.75, 3.05) is 5.32 Å². The third-order valence-corrected chi connectivity index (χ3v) is 1.95. The topological polar surface area (TPSA) is 54.9 Å². The smallest absolute Gasteiger partial charge is 0.225 e. The van der Waals surface area contributed by atoms with Gasteiger partial charge in [0.1, 0.15) is 0 Å². The van der Waals surface area contributed by atoms with E-state index in [-0.39, 0.29) is 11.1 Å². The average molecular weight is 214 g/mol. The van der Waals surface area contributed by atoms with Crippen molar-refractivity contribution < 1.29 is 4.79 Å². The van der Waals surface area contributed by atoms with Crippen molar-refractivity contribution in [1.82, 2.24) is 9.97 Å². The lowest BCUT2D eigenvalue weighted by molar-refractivity contribution is -0.116. The van der Waals surface area contributed by atoms with E-state index in [1.54, 1.807) is 0 Å². The molecule has 4 nitrogen and oxygen atoms in total. The fourth-order valence-electron chi connectivity index (χ4n) is 0.937. The van der Waals surface area contributed by atoms with Crippen molar-refractivity contribution in [3.63, 3.8) is 0 Å². The molecule has 14 heavy (non-hydrogen) atoms. The molecule has 0 bridgehead atoms. The SMILES string of the molecule is CCCCC(=O)Nc1nccnc1Cl. The summed E-state index contributed by atoms with van der Waals surface area (Å²) < 4.78 is 0. The van der Waals surface area contributed by atoms with E-state index in [9.17, 15) is 4.79 Å². The summed E-state index contributed by atoms with van der Waals surface area (Å²) in [5, 5.41) is 2.82. The Morgan fingerprint density at radius 2 is 2.21 bits per heavy atom. The summed E-state index contributed by atoms with van der Waals surface area (Å²) in [7, 11) is 0. The summed E-state index contributed by atoms with van der Waals surface area (Å²) in [4.78, 5) is 19.0. The standard InChI is InChI=1S/C9H12ClN3O/c1-2-3-4-7(14)13-9-8(10)11-5-6-12-9/h5-6H,2-4H2,1H3,(H,12,13,14). The molecule has 0 aromatic carbocycles. The fourth-order valence-corrected chi connectivity index (χ4v) is 1.09. The van der Waals surface area contributed by atoms with Crippen LogP contribution in [0.5, 0.6) is 0 Å². The Hall–Kier alpha value is -1.16. The highest BCUT2D eigenvalue weighted by Gasteiger charge is 2.06. The molecule has 76 valence electrons. The van der Waals surface area contributed by atoms with E-state index >= 15 is 0 Å². The van der Waals surface area contributed by atoms with E-state index in [1.807, 2.05) is 6.92 Å². The summed E-state index contributed by atoms with van der Waals surface area (Å²) in [6.45, 7) is 2.03. The van der Waals surface area contributed by atoms with E-state index < -0.39 is 0 Å². The van der Waals surface area contributed by atoms with Crippen molar-refractivity contribution in [3.8, 4) is 0 Å². The second-order valence-electron chi connectivity index (χ2n) is 2.85. The molecular formula is C9H12ClN3O. The van der Waals surface area contributed by atoms with E-state index in [4.69, 9.17) is 11.6 Å². The molecule has 1 aromatic rings. The minimum absolute atomic E-state index is 0.0748. The molecule has 5 heteroatoms. The van der Waals surface area contributed by atoms with Crippen molar-refractivity contribution in [3.05, 3.63) is 17.5 Å². The number of unbranched alkanes of at least 4 members (excludes halogenated alkanes) is 1. The number of nitrogens with zero attached hydrogens (tertiary/aromatic N) is 2. The number of rotatable bonds is 4. The minimum Gasteiger partial charge on any atom is -0.308 e. The predicted octanol–water partition coefficient (Wildman–Crippen LogP) is 2.26. The van der Waals surface area contributed by atoms with Crippen LogP contribution in [0.2, 0.25) is 5.15 Å². The van der Waals surface area contributed by atoms with Crippen molar-refractivity contribution in [2.45, 2.75) is 26.2 Å². The highest BCUT2D eigenvalue weighted by molar-refractivity contribution is 6.32. The molecule has 0 unspecified atom stereocenters. The molecule has 1 amide bonds. The zero-order valence-corrected chi connectivity index (χ0v) is 8.71. The van der Waals surface area contributed by atoms with Crippen LogP contribution in [-0.4, -0.2) is 15.9 Å². The number of carbonyl (C=O) groups is 1. The number of nitrogens with one attached hydrogen (secondary N) is 1.